The second-order valence-electron chi connectivity index (χ2n) is 5.37. The minimum Gasteiger partial charge on any atom is -0.507 e. The van der Waals surface area contributed by atoms with Gasteiger partial charge in [0.1, 0.15) is 5.75 Å². The molecule has 0 saturated heterocycles. The Morgan fingerprint density at radius 2 is 1.96 bits per heavy atom. The van der Waals surface area contributed by atoms with E-state index in [0.29, 0.717) is 23.2 Å². The van der Waals surface area contributed by atoms with Crippen molar-refractivity contribution in [3.63, 3.8) is 0 Å². The molecular formula is C19H19N3O3. The van der Waals surface area contributed by atoms with E-state index in [2.05, 4.69) is 22.4 Å². The Kier molecular flexibility index (Phi) is 6.06. The molecule has 0 radical (unpaired) electrons. The van der Waals surface area contributed by atoms with Crippen LogP contribution < -0.4 is 10.7 Å². The average molecular weight is 337 g/mol. The van der Waals surface area contributed by atoms with Crippen molar-refractivity contribution in [1.29, 1.82) is 0 Å². The van der Waals surface area contributed by atoms with Crippen LogP contribution in [0.5, 0.6) is 5.75 Å². The molecule has 25 heavy (non-hydrogen) atoms. The molecule has 2 amide bonds. The number of nitrogens with one attached hydrogen (secondary N) is 2. The molecule has 0 fully saturated rings. The molecule has 0 bridgehead atoms. The monoisotopic (exact) mass is 337 g/mol. The van der Waals surface area contributed by atoms with E-state index < -0.39 is 11.8 Å². The number of anilines is 1. The zero-order chi connectivity index (χ0) is 18.2. The van der Waals surface area contributed by atoms with Gasteiger partial charge in [0.25, 0.3) is 0 Å². The lowest BCUT2D eigenvalue weighted by Crippen LogP contribution is -2.32. The normalized spacial score (nSPS) is 10.4. The highest BCUT2D eigenvalue weighted by molar-refractivity contribution is 6.39. The van der Waals surface area contributed by atoms with Crippen molar-refractivity contribution in [2.75, 3.05) is 5.32 Å². The van der Waals surface area contributed by atoms with Crippen LogP contribution in [0.15, 0.2) is 60.2 Å². The van der Waals surface area contributed by atoms with Gasteiger partial charge in [-0.25, -0.2) is 5.43 Å². The van der Waals surface area contributed by atoms with Crippen LogP contribution in [-0.4, -0.2) is 23.1 Å². The molecule has 0 spiro atoms. The number of aryl methyl sites for hydroxylation is 1. The fourth-order valence-corrected chi connectivity index (χ4v) is 2.16. The molecule has 2 aromatic carbocycles. The Hall–Kier alpha value is -3.41. The number of phenols is 1. The average Bonchev–Trinajstić information content (AvgIpc) is 2.58. The number of allylic oxidation sites excluding steroid dienone is 1. The molecule has 3 N–H and O–H groups in total. The van der Waals surface area contributed by atoms with Gasteiger partial charge in [-0.15, -0.1) is 6.58 Å². The van der Waals surface area contributed by atoms with Gasteiger partial charge in [0.2, 0.25) is 0 Å². The first kappa shape index (κ1) is 17.9. The number of phenolic OH excluding ortho intramolecular Hbond substituents is 1. The number of benzene rings is 2. The summed E-state index contributed by atoms with van der Waals surface area (Å²) in [6.45, 7) is 5.51. The zero-order valence-corrected chi connectivity index (χ0v) is 13.8. The number of hydrazone groups is 1. The highest BCUT2D eigenvalue weighted by Gasteiger charge is 2.13. The van der Waals surface area contributed by atoms with Gasteiger partial charge in [0.05, 0.1) is 6.21 Å². The van der Waals surface area contributed by atoms with Gasteiger partial charge in [-0.2, -0.15) is 5.10 Å². The van der Waals surface area contributed by atoms with Crippen LogP contribution in [0.3, 0.4) is 0 Å². The van der Waals surface area contributed by atoms with E-state index in [1.807, 2.05) is 13.0 Å². The Morgan fingerprint density at radius 3 is 2.68 bits per heavy atom. The SMILES string of the molecule is C=CCc1cccc(/C=N\NC(=O)C(=O)Nc2cccc(C)c2)c1O. The van der Waals surface area contributed by atoms with E-state index in [-0.39, 0.29) is 5.75 Å². The van der Waals surface area contributed by atoms with Crippen molar-refractivity contribution < 1.29 is 14.7 Å². The first-order valence-corrected chi connectivity index (χ1v) is 7.64. The van der Waals surface area contributed by atoms with Crippen molar-refractivity contribution in [3.8, 4) is 5.75 Å². The first-order chi connectivity index (χ1) is 12.0. The summed E-state index contributed by atoms with van der Waals surface area (Å²) in [4.78, 5) is 23.6. The molecule has 0 heterocycles. The zero-order valence-electron chi connectivity index (χ0n) is 13.8. The maximum atomic E-state index is 11.8. The minimum atomic E-state index is -0.903. The fraction of sp³-hybridized carbons (Fsp3) is 0.105. The van der Waals surface area contributed by atoms with Crippen molar-refractivity contribution >= 4 is 23.7 Å². The highest BCUT2D eigenvalue weighted by Crippen LogP contribution is 2.21. The molecule has 2 aromatic rings. The molecule has 0 aliphatic rings. The van der Waals surface area contributed by atoms with Crippen LogP contribution in [0.25, 0.3) is 0 Å². The van der Waals surface area contributed by atoms with Crippen LogP contribution in [0, 0.1) is 6.92 Å². The topological polar surface area (TPSA) is 90.8 Å². The molecule has 0 unspecified atom stereocenters. The fourth-order valence-electron chi connectivity index (χ4n) is 2.16. The summed E-state index contributed by atoms with van der Waals surface area (Å²) < 4.78 is 0. The van der Waals surface area contributed by atoms with Crippen LogP contribution in [0.2, 0.25) is 0 Å². The summed E-state index contributed by atoms with van der Waals surface area (Å²) in [5.41, 5.74) is 4.75. The third-order valence-corrected chi connectivity index (χ3v) is 3.37. The lowest BCUT2D eigenvalue weighted by molar-refractivity contribution is -0.136. The molecule has 0 aliphatic heterocycles. The first-order valence-electron chi connectivity index (χ1n) is 7.64. The summed E-state index contributed by atoms with van der Waals surface area (Å²) in [7, 11) is 0. The van der Waals surface area contributed by atoms with E-state index in [1.165, 1.54) is 6.21 Å². The molecule has 6 nitrogen and oxygen atoms in total. The smallest absolute Gasteiger partial charge is 0.329 e. The number of hydrogen-bond acceptors (Lipinski definition) is 4. The standard InChI is InChI=1S/C19H19N3O3/c1-3-6-14-8-5-9-15(17(14)23)12-20-22-19(25)18(24)21-16-10-4-7-13(2)11-16/h3-5,7-12,23H,1,6H2,2H3,(H,21,24)(H,22,25)/b20-12-. The predicted octanol–water partition coefficient (Wildman–Crippen LogP) is 2.52. The summed E-state index contributed by atoms with van der Waals surface area (Å²) in [6, 6.07) is 12.3. The number of carbonyl (C=O) groups is 2. The molecule has 0 atom stereocenters. The summed E-state index contributed by atoms with van der Waals surface area (Å²) in [5, 5.41) is 16.3. The van der Waals surface area contributed by atoms with E-state index in [4.69, 9.17) is 0 Å². The van der Waals surface area contributed by atoms with Crippen LogP contribution in [0.4, 0.5) is 5.69 Å². The Morgan fingerprint density at radius 1 is 1.20 bits per heavy atom. The van der Waals surface area contributed by atoms with E-state index in [0.717, 1.165) is 5.56 Å². The maximum Gasteiger partial charge on any atom is 0.329 e. The van der Waals surface area contributed by atoms with E-state index in [1.54, 1.807) is 42.5 Å². The Labute approximate surface area is 145 Å². The molecule has 0 aromatic heterocycles. The lowest BCUT2D eigenvalue weighted by Gasteiger charge is -2.05. The number of hydrogen-bond donors (Lipinski definition) is 3. The number of nitrogens with zero attached hydrogens (tertiary/aromatic N) is 1. The second-order valence-corrected chi connectivity index (χ2v) is 5.37. The number of amides is 2. The van der Waals surface area contributed by atoms with Crippen LogP contribution in [-0.2, 0) is 16.0 Å². The van der Waals surface area contributed by atoms with E-state index >= 15 is 0 Å². The number of carbonyl (C=O) groups excluding carboxylic acids is 2. The minimum absolute atomic E-state index is 0.0598. The quantitative estimate of drug-likeness (QED) is 0.339. The Bertz CT molecular complexity index is 828. The van der Waals surface area contributed by atoms with Gasteiger partial charge in [-0.3, -0.25) is 9.59 Å². The molecule has 0 aliphatic carbocycles. The summed E-state index contributed by atoms with van der Waals surface area (Å²) in [6.07, 6.45) is 3.46. The molecule has 2 rings (SSSR count). The maximum absolute atomic E-state index is 11.8. The van der Waals surface area contributed by atoms with Gasteiger partial charge in [-0.05, 0) is 42.7 Å². The Balaban J connectivity index is 1.97. The summed E-state index contributed by atoms with van der Waals surface area (Å²) in [5.74, 6) is -1.67. The summed E-state index contributed by atoms with van der Waals surface area (Å²) >= 11 is 0. The molecular weight excluding hydrogens is 318 g/mol. The highest BCUT2D eigenvalue weighted by atomic mass is 16.3. The van der Waals surface area contributed by atoms with E-state index in [9.17, 15) is 14.7 Å². The van der Waals surface area contributed by atoms with Gasteiger partial charge in [-0.1, -0.05) is 30.3 Å². The third kappa shape index (κ3) is 5.04. The van der Waals surface area contributed by atoms with Gasteiger partial charge in [0.15, 0.2) is 0 Å². The van der Waals surface area contributed by atoms with Gasteiger partial charge in [0, 0.05) is 11.3 Å². The van der Waals surface area contributed by atoms with Crippen LogP contribution >= 0.6 is 0 Å². The van der Waals surface area contributed by atoms with Crippen molar-refractivity contribution in [2.24, 2.45) is 5.10 Å². The van der Waals surface area contributed by atoms with Crippen molar-refractivity contribution in [1.82, 2.24) is 5.43 Å². The van der Waals surface area contributed by atoms with Gasteiger partial charge >= 0.3 is 11.8 Å². The molecule has 128 valence electrons. The van der Waals surface area contributed by atoms with Crippen molar-refractivity contribution in [3.05, 3.63) is 71.8 Å². The molecule has 6 heteroatoms. The number of rotatable bonds is 5. The number of para-hydroxylation sites is 1. The van der Waals surface area contributed by atoms with Gasteiger partial charge < -0.3 is 10.4 Å². The largest absolute Gasteiger partial charge is 0.507 e. The van der Waals surface area contributed by atoms with Crippen molar-refractivity contribution in [2.45, 2.75) is 13.3 Å². The lowest BCUT2D eigenvalue weighted by atomic mass is 10.1. The molecule has 0 saturated carbocycles. The second kappa shape index (κ2) is 8.44. The third-order valence-electron chi connectivity index (χ3n) is 3.37. The predicted molar refractivity (Wildman–Crippen MR) is 97.6 cm³/mol. The van der Waals surface area contributed by atoms with Crippen LogP contribution in [0.1, 0.15) is 16.7 Å². The number of aromatic hydroxyl groups is 1.